The van der Waals surface area contributed by atoms with Crippen LogP contribution in [0.4, 0.5) is 21.6 Å². The van der Waals surface area contributed by atoms with E-state index in [0.29, 0.717) is 35.3 Å². The third kappa shape index (κ3) is 5.05. The van der Waals surface area contributed by atoms with Crippen molar-refractivity contribution in [2.75, 3.05) is 22.5 Å². The summed E-state index contributed by atoms with van der Waals surface area (Å²) in [6.07, 6.45) is 9.42. The van der Waals surface area contributed by atoms with E-state index in [9.17, 15) is 9.18 Å². The predicted octanol–water partition coefficient (Wildman–Crippen LogP) is 3.42. The fourth-order valence-electron chi connectivity index (χ4n) is 4.36. The van der Waals surface area contributed by atoms with E-state index in [1.807, 2.05) is 6.07 Å². The van der Waals surface area contributed by atoms with E-state index in [-0.39, 0.29) is 5.69 Å². The van der Waals surface area contributed by atoms with Crippen LogP contribution in [0.15, 0.2) is 30.6 Å². The Hall–Kier alpha value is -3.27. The Bertz CT molecular complexity index is 1140. The van der Waals surface area contributed by atoms with Crippen molar-refractivity contribution in [3.63, 3.8) is 0 Å². The second-order valence-electron chi connectivity index (χ2n) is 8.81. The summed E-state index contributed by atoms with van der Waals surface area (Å²) in [4.78, 5) is 20.9. The van der Waals surface area contributed by atoms with Crippen molar-refractivity contribution < 1.29 is 9.18 Å². The van der Waals surface area contributed by atoms with E-state index in [2.05, 4.69) is 38.2 Å². The van der Waals surface area contributed by atoms with Gasteiger partial charge in [0.25, 0.3) is 5.91 Å². The monoisotopic (exact) mass is 452 g/mol. The Morgan fingerprint density at radius 1 is 1.06 bits per heavy atom. The lowest BCUT2D eigenvalue weighted by atomic mass is 9.91. The third-order valence-electron chi connectivity index (χ3n) is 6.19. The van der Waals surface area contributed by atoms with E-state index in [4.69, 9.17) is 5.10 Å². The number of imidazole rings is 1. The number of halogens is 1. The molecule has 9 nitrogen and oxygen atoms in total. The summed E-state index contributed by atoms with van der Waals surface area (Å²) in [6.45, 7) is 3.14. The highest BCUT2D eigenvalue weighted by Crippen LogP contribution is 2.30. The van der Waals surface area contributed by atoms with Gasteiger partial charge in [0.15, 0.2) is 11.3 Å². The van der Waals surface area contributed by atoms with Gasteiger partial charge in [-0.1, -0.05) is 6.92 Å². The number of nitrogens with one attached hydrogen (secondary N) is 4. The zero-order valence-corrected chi connectivity index (χ0v) is 18.6. The number of pyridine rings is 1. The molecule has 33 heavy (non-hydrogen) atoms. The van der Waals surface area contributed by atoms with Gasteiger partial charge in [-0.05, 0) is 51.1 Å². The smallest absolute Gasteiger partial charge is 0.276 e. The first-order valence-corrected chi connectivity index (χ1v) is 11.7. The number of nitrogens with zero attached hydrogens (tertiary/aromatic N) is 4. The predicted molar refractivity (Wildman–Crippen MR) is 125 cm³/mol. The SMILES string of the molecule is CCNC1CCC(Nc2cc(NC3CC3)c3ncc(C(=O)Nc4ccnc(F)c4)n3n2)CC1. The Kier molecular flexibility index (Phi) is 6.08. The molecule has 0 bridgehead atoms. The number of hydrogen-bond acceptors (Lipinski definition) is 7. The van der Waals surface area contributed by atoms with Crippen LogP contribution >= 0.6 is 0 Å². The van der Waals surface area contributed by atoms with Crippen LogP contribution in [-0.4, -0.2) is 50.2 Å². The van der Waals surface area contributed by atoms with Crippen molar-refractivity contribution in [1.82, 2.24) is 24.9 Å². The van der Waals surface area contributed by atoms with Gasteiger partial charge < -0.3 is 21.3 Å². The molecule has 5 rings (SSSR count). The molecule has 0 aliphatic heterocycles. The average Bonchev–Trinajstić information content (AvgIpc) is 3.50. The second kappa shape index (κ2) is 9.30. The number of rotatable bonds is 8. The lowest BCUT2D eigenvalue weighted by Gasteiger charge is -2.30. The molecule has 3 aromatic heterocycles. The molecule has 0 unspecified atom stereocenters. The zero-order valence-electron chi connectivity index (χ0n) is 18.6. The molecule has 2 fully saturated rings. The van der Waals surface area contributed by atoms with Gasteiger partial charge in [0.1, 0.15) is 5.82 Å². The molecule has 174 valence electrons. The number of hydrogen-bond donors (Lipinski definition) is 4. The van der Waals surface area contributed by atoms with E-state index >= 15 is 0 Å². The van der Waals surface area contributed by atoms with Gasteiger partial charge in [0, 0.05) is 42.1 Å². The van der Waals surface area contributed by atoms with E-state index in [1.165, 1.54) is 24.5 Å². The first-order chi connectivity index (χ1) is 16.1. The van der Waals surface area contributed by atoms with Gasteiger partial charge in [-0.15, -0.1) is 5.10 Å². The molecule has 0 saturated heterocycles. The number of fused-ring (bicyclic) bond motifs is 1. The minimum atomic E-state index is -0.657. The Labute approximate surface area is 191 Å². The number of carbonyl (C=O) groups excluding carboxylic acids is 1. The maximum absolute atomic E-state index is 13.4. The minimum absolute atomic E-state index is 0.278. The van der Waals surface area contributed by atoms with Crippen molar-refractivity contribution in [3.8, 4) is 0 Å². The molecule has 10 heteroatoms. The maximum atomic E-state index is 13.4. The van der Waals surface area contributed by atoms with Gasteiger partial charge in [-0.2, -0.15) is 4.39 Å². The number of amides is 1. The lowest BCUT2D eigenvalue weighted by molar-refractivity contribution is 0.102. The van der Waals surface area contributed by atoms with Gasteiger partial charge in [-0.25, -0.2) is 14.5 Å². The molecular weight excluding hydrogens is 423 g/mol. The lowest BCUT2D eigenvalue weighted by Crippen LogP contribution is -2.37. The number of anilines is 3. The first kappa shape index (κ1) is 21.6. The molecule has 0 atom stereocenters. The fourth-order valence-corrected chi connectivity index (χ4v) is 4.36. The first-order valence-electron chi connectivity index (χ1n) is 11.7. The number of aromatic nitrogens is 4. The highest BCUT2D eigenvalue weighted by atomic mass is 19.1. The summed E-state index contributed by atoms with van der Waals surface area (Å²) in [5, 5.41) is 18.0. The van der Waals surface area contributed by atoms with Gasteiger partial charge >= 0.3 is 0 Å². The van der Waals surface area contributed by atoms with Crippen molar-refractivity contribution in [2.45, 2.75) is 63.6 Å². The molecule has 0 aromatic carbocycles. The molecular formula is C23H29FN8O. The quantitative estimate of drug-likeness (QED) is 0.388. The van der Waals surface area contributed by atoms with Crippen LogP contribution in [-0.2, 0) is 0 Å². The Balaban J connectivity index is 1.39. The molecule has 0 spiro atoms. The van der Waals surface area contributed by atoms with Crippen LogP contribution < -0.4 is 21.3 Å². The van der Waals surface area contributed by atoms with Gasteiger partial charge in [0.2, 0.25) is 5.95 Å². The van der Waals surface area contributed by atoms with Crippen molar-refractivity contribution >= 4 is 28.7 Å². The molecule has 1 amide bonds. The molecule has 3 aromatic rings. The summed E-state index contributed by atoms with van der Waals surface area (Å²) in [5.41, 5.74) is 2.05. The summed E-state index contributed by atoms with van der Waals surface area (Å²) in [7, 11) is 0. The van der Waals surface area contributed by atoms with Crippen molar-refractivity contribution in [1.29, 1.82) is 0 Å². The third-order valence-corrected chi connectivity index (χ3v) is 6.19. The Morgan fingerprint density at radius 3 is 2.52 bits per heavy atom. The topological polar surface area (TPSA) is 108 Å². The molecule has 0 radical (unpaired) electrons. The van der Waals surface area contributed by atoms with Gasteiger partial charge in [-0.3, -0.25) is 4.79 Å². The molecule has 4 N–H and O–H groups in total. The number of carbonyl (C=O) groups is 1. The van der Waals surface area contributed by atoms with Crippen molar-refractivity contribution in [3.05, 3.63) is 42.2 Å². The molecule has 2 aliphatic rings. The van der Waals surface area contributed by atoms with Crippen molar-refractivity contribution in [2.24, 2.45) is 0 Å². The minimum Gasteiger partial charge on any atom is -0.379 e. The van der Waals surface area contributed by atoms with Crippen LogP contribution in [0.2, 0.25) is 0 Å². The van der Waals surface area contributed by atoms with E-state index in [1.54, 1.807) is 4.52 Å². The molecule has 2 saturated carbocycles. The molecule has 3 heterocycles. The van der Waals surface area contributed by atoms with Gasteiger partial charge in [0.05, 0.1) is 11.9 Å². The summed E-state index contributed by atoms with van der Waals surface area (Å²) in [5.74, 6) is -0.365. The highest BCUT2D eigenvalue weighted by molar-refractivity contribution is 6.03. The summed E-state index contributed by atoms with van der Waals surface area (Å²) in [6, 6.07) is 6.03. The van der Waals surface area contributed by atoms with E-state index in [0.717, 1.165) is 50.8 Å². The normalized spacial score (nSPS) is 20.5. The Morgan fingerprint density at radius 2 is 1.79 bits per heavy atom. The second-order valence-corrected chi connectivity index (χ2v) is 8.81. The standard InChI is InChI=1S/C23H29FN8O/c1-2-25-14-3-5-16(6-4-14)29-21-12-18(28-15-7-8-15)22-27-13-19(32(22)31-21)23(33)30-17-9-10-26-20(24)11-17/h9-16,25,28H,2-8H2,1H3,(H,29,31)(H,26,30,33). The van der Waals surface area contributed by atoms with Crippen LogP contribution in [0.3, 0.4) is 0 Å². The average molecular weight is 453 g/mol. The largest absolute Gasteiger partial charge is 0.379 e. The fraction of sp³-hybridized carbons (Fsp3) is 0.478. The van der Waals surface area contributed by atoms with Crippen LogP contribution in [0.5, 0.6) is 0 Å². The van der Waals surface area contributed by atoms with Crippen LogP contribution in [0.25, 0.3) is 5.65 Å². The van der Waals surface area contributed by atoms with Crippen LogP contribution in [0, 0.1) is 5.95 Å². The summed E-state index contributed by atoms with van der Waals surface area (Å²) >= 11 is 0. The highest BCUT2D eigenvalue weighted by Gasteiger charge is 2.25. The zero-order chi connectivity index (χ0) is 22.8. The van der Waals surface area contributed by atoms with Crippen LogP contribution in [0.1, 0.15) is 55.9 Å². The molecule has 2 aliphatic carbocycles. The summed E-state index contributed by atoms with van der Waals surface area (Å²) < 4.78 is 15.0. The maximum Gasteiger partial charge on any atom is 0.276 e. The van der Waals surface area contributed by atoms with E-state index < -0.39 is 11.9 Å².